The second kappa shape index (κ2) is 5.91. The molecule has 0 radical (unpaired) electrons. The van der Waals surface area contributed by atoms with Gasteiger partial charge in [0.05, 0.1) is 0 Å². The number of aromatic nitrogens is 2. The number of amides is 1. The highest BCUT2D eigenvalue weighted by molar-refractivity contribution is 5.78. The number of hydrogen-bond acceptors (Lipinski definition) is 4. The Labute approximate surface area is 130 Å². The standard InChI is InChI=1S/C17H21N3O2/c1-11(2)17(21)20-10-4-5-14(20)16-18-15(19-22-16)13-8-6-12(3)7-9-13/h6-9,11,14H,4-5,10H2,1-3H3/t14-/m1/s1. The fourth-order valence-corrected chi connectivity index (χ4v) is 2.81. The van der Waals surface area contributed by atoms with E-state index in [-0.39, 0.29) is 17.9 Å². The molecular formula is C17H21N3O2. The van der Waals surface area contributed by atoms with Crippen LogP contribution in [0, 0.1) is 12.8 Å². The first-order valence-corrected chi connectivity index (χ1v) is 7.77. The molecule has 2 aromatic rings. The Bertz CT molecular complexity index is 661. The number of carbonyl (C=O) groups excluding carboxylic acids is 1. The third-order valence-electron chi connectivity index (χ3n) is 4.07. The molecule has 0 saturated carbocycles. The van der Waals surface area contributed by atoms with E-state index in [9.17, 15) is 4.79 Å². The summed E-state index contributed by atoms with van der Waals surface area (Å²) in [4.78, 5) is 18.7. The molecule has 3 rings (SSSR count). The summed E-state index contributed by atoms with van der Waals surface area (Å²) in [6.45, 7) is 6.65. The Hall–Kier alpha value is -2.17. The number of rotatable bonds is 3. The Morgan fingerprint density at radius 1 is 1.32 bits per heavy atom. The van der Waals surface area contributed by atoms with Crippen molar-refractivity contribution in [1.82, 2.24) is 15.0 Å². The predicted octanol–water partition coefficient (Wildman–Crippen LogP) is 3.36. The Balaban J connectivity index is 1.84. The first kappa shape index (κ1) is 14.8. The minimum Gasteiger partial charge on any atom is -0.337 e. The lowest BCUT2D eigenvalue weighted by atomic mass is 10.1. The molecule has 0 spiro atoms. The van der Waals surface area contributed by atoms with E-state index >= 15 is 0 Å². The second-order valence-electron chi connectivity index (χ2n) is 6.17. The zero-order valence-electron chi connectivity index (χ0n) is 13.2. The predicted molar refractivity (Wildman–Crippen MR) is 83.0 cm³/mol. The molecule has 0 unspecified atom stereocenters. The highest BCUT2D eigenvalue weighted by Gasteiger charge is 2.34. The molecule has 1 aliphatic heterocycles. The molecule has 1 aromatic carbocycles. The number of likely N-dealkylation sites (tertiary alicyclic amines) is 1. The molecule has 1 amide bonds. The van der Waals surface area contributed by atoms with Gasteiger partial charge in [-0.1, -0.05) is 48.8 Å². The average molecular weight is 299 g/mol. The molecule has 5 heteroatoms. The molecule has 1 aliphatic rings. The van der Waals surface area contributed by atoms with Crippen LogP contribution in [-0.2, 0) is 4.79 Å². The normalized spacial score (nSPS) is 18.2. The number of carbonyl (C=O) groups is 1. The van der Waals surface area contributed by atoms with Crippen molar-refractivity contribution in [1.29, 1.82) is 0 Å². The van der Waals surface area contributed by atoms with E-state index in [1.807, 2.05) is 49.9 Å². The SMILES string of the molecule is Cc1ccc(-c2noc([C@H]3CCCN3C(=O)C(C)C)n2)cc1. The zero-order valence-corrected chi connectivity index (χ0v) is 13.2. The largest absolute Gasteiger partial charge is 0.337 e. The van der Waals surface area contributed by atoms with Crippen LogP contribution in [0.15, 0.2) is 28.8 Å². The van der Waals surface area contributed by atoms with Crippen molar-refractivity contribution in [3.8, 4) is 11.4 Å². The smallest absolute Gasteiger partial charge is 0.249 e. The molecule has 5 nitrogen and oxygen atoms in total. The van der Waals surface area contributed by atoms with Crippen LogP contribution in [0.3, 0.4) is 0 Å². The van der Waals surface area contributed by atoms with Crippen molar-refractivity contribution in [3.63, 3.8) is 0 Å². The molecule has 2 heterocycles. The monoisotopic (exact) mass is 299 g/mol. The van der Waals surface area contributed by atoms with Gasteiger partial charge in [-0.05, 0) is 19.8 Å². The van der Waals surface area contributed by atoms with Gasteiger partial charge in [-0.3, -0.25) is 4.79 Å². The van der Waals surface area contributed by atoms with E-state index in [1.54, 1.807) is 0 Å². The summed E-state index contributed by atoms with van der Waals surface area (Å²) in [5.74, 6) is 1.26. The molecule has 0 bridgehead atoms. The van der Waals surface area contributed by atoms with Crippen molar-refractivity contribution < 1.29 is 9.32 Å². The highest BCUT2D eigenvalue weighted by Crippen LogP contribution is 2.33. The fraction of sp³-hybridized carbons (Fsp3) is 0.471. The van der Waals surface area contributed by atoms with E-state index in [4.69, 9.17) is 4.52 Å². The molecular weight excluding hydrogens is 278 g/mol. The van der Waals surface area contributed by atoms with Crippen molar-refractivity contribution in [2.24, 2.45) is 5.92 Å². The van der Waals surface area contributed by atoms with Crippen LogP contribution in [-0.4, -0.2) is 27.5 Å². The minimum absolute atomic E-state index is 0.0138. The third kappa shape index (κ3) is 2.75. The zero-order chi connectivity index (χ0) is 15.7. The van der Waals surface area contributed by atoms with Crippen LogP contribution >= 0.6 is 0 Å². The van der Waals surface area contributed by atoms with Gasteiger partial charge in [0, 0.05) is 18.0 Å². The quantitative estimate of drug-likeness (QED) is 0.872. The molecule has 22 heavy (non-hydrogen) atoms. The topological polar surface area (TPSA) is 59.2 Å². The first-order valence-electron chi connectivity index (χ1n) is 7.77. The van der Waals surface area contributed by atoms with Crippen molar-refractivity contribution >= 4 is 5.91 Å². The van der Waals surface area contributed by atoms with Crippen LogP contribution in [0.25, 0.3) is 11.4 Å². The maximum Gasteiger partial charge on any atom is 0.249 e. The maximum atomic E-state index is 12.3. The van der Waals surface area contributed by atoms with Crippen LogP contribution in [0.5, 0.6) is 0 Å². The van der Waals surface area contributed by atoms with Crippen LogP contribution in [0.1, 0.15) is 44.2 Å². The van der Waals surface area contributed by atoms with E-state index in [0.29, 0.717) is 11.7 Å². The van der Waals surface area contributed by atoms with Gasteiger partial charge < -0.3 is 9.42 Å². The summed E-state index contributed by atoms with van der Waals surface area (Å²) >= 11 is 0. The highest BCUT2D eigenvalue weighted by atomic mass is 16.5. The van der Waals surface area contributed by atoms with Crippen molar-refractivity contribution in [3.05, 3.63) is 35.7 Å². The van der Waals surface area contributed by atoms with E-state index in [1.165, 1.54) is 5.56 Å². The van der Waals surface area contributed by atoms with E-state index in [2.05, 4.69) is 10.1 Å². The molecule has 0 aliphatic carbocycles. The van der Waals surface area contributed by atoms with Gasteiger partial charge in [-0.25, -0.2) is 0 Å². The molecule has 116 valence electrons. The number of nitrogens with zero attached hydrogens (tertiary/aromatic N) is 3. The Morgan fingerprint density at radius 2 is 2.05 bits per heavy atom. The summed E-state index contributed by atoms with van der Waals surface area (Å²) in [6.07, 6.45) is 1.86. The molecule has 1 saturated heterocycles. The molecule has 0 N–H and O–H groups in total. The van der Waals surface area contributed by atoms with Gasteiger partial charge in [0.15, 0.2) is 0 Å². The lowest BCUT2D eigenvalue weighted by Crippen LogP contribution is -2.33. The van der Waals surface area contributed by atoms with Crippen molar-refractivity contribution in [2.75, 3.05) is 6.54 Å². The number of benzene rings is 1. The van der Waals surface area contributed by atoms with Gasteiger partial charge in [0.1, 0.15) is 6.04 Å². The molecule has 1 fully saturated rings. The minimum atomic E-state index is -0.0819. The van der Waals surface area contributed by atoms with Gasteiger partial charge in [-0.2, -0.15) is 4.98 Å². The van der Waals surface area contributed by atoms with Gasteiger partial charge >= 0.3 is 0 Å². The third-order valence-corrected chi connectivity index (χ3v) is 4.07. The van der Waals surface area contributed by atoms with Gasteiger partial charge in [0.25, 0.3) is 0 Å². The van der Waals surface area contributed by atoms with Crippen molar-refractivity contribution in [2.45, 2.75) is 39.7 Å². The van der Waals surface area contributed by atoms with Crippen LogP contribution < -0.4 is 0 Å². The summed E-state index contributed by atoms with van der Waals surface area (Å²) in [6, 6.07) is 7.93. The van der Waals surface area contributed by atoms with Gasteiger partial charge in [0.2, 0.25) is 17.6 Å². The van der Waals surface area contributed by atoms with Crippen LogP contribution in [0.2, 0.25) is 0 Å². The van der Waals surface area contributed by atoms with E-state index in [0.717, 1.165) is 24.9 Å². The van der Waals surface area contributed by atoms with Crippen LogP contribution in [0.4, 0.5) is 0 Å². The Kier molecular flexibility index (Phi) is 3.96. The lowest BCUT2D eigenvalue weighted by molar-refractivity contribution is -0.135. The maximum absolute atomic E-state index is 12.3. The van der Waals surface area contributed by atoms with E-state index < -0.39 is 0 Å². The fourth-order valence-electron chi connectivity index (χ4n) is 2.81. The lowest BCUT2D eigenvalue weighted by Gasteiger charge is -2.23. The molecule has 1 atom stereocenters. The first-order chi connectivity index (χ1) is 10.6. The number of aryl methyl sites for hydroxylation is 1. The summed E-state index contributed by atoms with van der Waals surface area (Å²) in [5.41, 5.74) is 2.12. The number of hydrogen-bond donors (Lipinski definition) is 0. The summed E-state index contributed by atoms with van der Waals surface area (Å²) in [7, 11) is 0. The molecule has 1 aromatic heterocycles. The second-order valence-corrected chi connectivity index (χ2v) is 6.17. The van der Waals surface area contributed by atoms with Gasteiger partial charge in [-0.15, -0.1) is 0 Å². The summed E-state index contributed by atoms with van der Waals surface area (Å²) in [5, 5.41) is 4.08. The average Bonchev–Trinajstić information content (AvgIpc) is 3.15. The summed E-state index contributed by atoms with van der Waals surface area (Å²) < 4.78 is 5.44. The Morgan fingerprint density at radius 3 is 2.73 bits per heavy atom.